The predicted octanol–water partition coefficient (Wildman–Crippen LogP) is 3.95. The Labute approximate surface area is 197 Å². The third-order valence-electron chi connectivity index (χ3n) is 6.35. The van der Waals surface area contributed by atoms with Crippen LogP contribution >= 0.6 is 0 Å². The molecule has 8 nitrogen and oxygen atoms in total. The summed E-state index contributed by atoms with van der Waals surface area (Å²) in [6.45, 7) is 6.15. The molecule has 0 N–H and O–H groups in total. The summed E-state index contributed by atoms with van der Waals surface area (Å²) in [6.07, 6.45) is 0.496. The van der Waals surface area contributed by atoms with Crippen molar-refractivity contribution in [3.63, 3.8) is 0 Å². The van der Waals surface area contributed by atoms with Gasteiger partial charge in [-0.2, -0.15) is 9.40 Å². The van der Waals surface area contributed by atoms with Crippen molar-refractivity contribution in [2.45, 2.75) is 38.6 Å². The van der Waals surface area contributed by atoms with Crippen molar-refractivity contribution in [3.05, 3.63) is 70.2 Å². The highest BCUT2D eigenvalue weighted by Gasteiger charge is 2.34. The largest absolute Gasteiger partial charge is 0.414 e. The van der Waals surface area contributed by atoms with Gasteiger partial charge in [-0.25, -0.2) is 12.8 Å². The first-order valence-electron chi connectivity index (χ1n) is 10.9. The van der Waals surface area contributed by atoms with Crippen LogP contribution < -0.4 is 0 Å². The SMILES string of the molecule is Cc1cc(C)c(S(=O)(=O)N2CCc3c(c(-c4nnc(-c5ccccc5F)o4)nn3C)C2)cc1C. The zero-order valence-corrected chi connectivity index (χ0v) is 20.1. The van der Waals surface area contributed by atoms with Crippen molar-refractivity contribution in [1.29, 1.82) is 0 Å². The molecule has 1 aliphatic rings. The second-order valence-corrected chi connectivity index (χ2v) is 10.5. The molecule has 10 heteroatoms. The van der Waals surface area contributed by atoms with Crippen LogP contribution in [0.4, 0.5) is 4.39 Å². The number of hydrogen-bond donors (Lipinski definition) is 0. The van der Waals surface area contributed by atoms with E-state index in [1.165, 1.54) is 10.4 Å². The van der Waals surface area contributed by atoms with Crippen LogP contribution in [0.5, 0.6) is 0 Å². The molecule has 0 fully saturated rings. The Kier molecular flexibility index (Phi) is 5.37. The summed E-state index contributed by atoms with van der Waals surface area (Å²) >= 11 is 0. The third-order valence-corrected chi connectivity index (χ3v) is 8.34. The third kappa shape index (κ3) is 3.63. The first-order valence-corrected chi connectivity index (χ1v) is 12.3. The molecule has 0 spiro atoms. The normalized spacial score (nSPS) is 14.4. The summed E-state index contributed by atoms with van der Waals surface area (Å²) in [7, 11) is -1.93. The van der Waals surface area contributed by atoms with Crippen LogP contribution in [0.15, 0.2) is 45.7 Å². The summed E-state index contributed by atoms with van der Waals surface area (Å²) in [4.78, 5) is 0.309. The van der Waals surface area contributed by atoms with E-state index in [2.05, 4.69) is 15.3 Å². The summed E-state index contributed by atoms with van der Waals surface area (Å²) in [6, 6.07) is 9.77. The van der Waals surface area contributed by atoms with Gasteiger partial charge in [-0.3, -0.25) is 4.68 Å². The van der Waals surface area contributed by atoms with Gasteiger partial charge in [-0.05, 0) is 55.7 Å². The number of hydrogen-bond acceptors (Lipinski definition) is 6. The average Bonchev–Trinajstić information content (AvgIpc) is 3.41. The standard InChI is InChI=1S/C24H24FN5O3S/c1-14-11-16(3)21(12-15(14)2)34(31,32)30-10-9-20-18(13-30)22(28-29(20)4)24-27-26-23(33-24)17-7-5-6-8-19(17)25/h5-8,11-12H,9-10,13H2,1-4H3. The molecule has 176 valence electrons. The fourth-order valence-corrected chi connectivity index (χ4v) is 6.06. The van der Waals surface area contributed by atoms with Crippen LogP contribution in [0, 0.1) is 26.6 Å². The van der Waals surface area contributed by atoms with E-state index in [-0.39, 0.29) is 23.9 Å². The molecule has 34 heavy (non-hydrogen) atoms. The molecular weight excluding hydrogens is 457 g/mol. The van der Waals surface area contributed by atoms with Crippen LogP contribution in [-0.4, -0.2) is 39.2 Å². The van der Waals surface area contributed by atoms with Gasteiger partial charge >= 0.3 is 0 Å². The van der Waals surface area contributed by atoms with Gasteiger partial charge in [0.15, 0.2) is 5.69 Å². The molecule has 0 radical (unpaired) electrons. The van der Waals surface area contributed by atoms with Gasteiger partial charge in [0, 0.05) is 37.8 Å². The summed E-state index contributed by atoms with van der Waals surface area (Å²) in [5.74, 6) is -0.308. The zero-order chi connectivity index (χ0) is 24.2. The first-order chi connectivity index (χ1) is 16.2. The number of sulfonamides is 1. The molecule has 1 aliphatic heterocycles. The number of rotatable bonds is 4. The van der Waals surface area contributed by atoms with E-state index in [4.69, 9.17) is 4.42 Å². The Bertz CT molecular complexity index is 1520. The second kappa shape index (κ2) is 8.14. The smallest absolute Gasteiger partial charge is 0.268 e. The maximum atomic E-state index is 14.2. The molecular formula is C24H24FN5O3S. The summed E-state index contributed by atoms with van der Waals surface area (Å²) in [5, 5.41) is 12.6. The average molecular weight is 482 g/mol. The van der Waals surface area contributed by atoms with Crippen LogP contribution in [0.2, 0.25) is 0 Å². The molecule has 2 aromatic heterocycles. The molecule has 5 rings (SSSR count). The molecule has 0 atom stereocenters. The summed E-state index contributed by atoms with van der Waals surface area (Å²) < 4.78 is 50.2. The van der Waals surface area contributed by atoms with Gasteiger partial charge in [-0.1, -0.05) is 18.2 Å². The maximum Gasteiger partial charge on any atom is 0.268 e. The topological polar surface area (TPSA) is 94.1 Å². The Balaban J connectivity index is 1.52. The van der Waals surface area contributed by atoms with Crippen molar-refractivity contribution in [3.8, 4) is 23.0 Å². The molecule has 0 bridgehead atoms. The lowest BCUT2D eigenvalue weighted by atomic mass is 10.1. The fraction of sp³-hybridized carbons (Fsp3) is 0.292. The van der Waals surface area contributed by atoms with E-state index in [0.29, 0.717) is 34.7 Å². The van der Waals surface area contributed by atoms with E-state index in [0.717, 1.165) is 16.8 Å². The lowest BCUT2D eigenvalue weighted by Crippen LogP contribution is -2.36. The minimum absolute atomic E-state index is 0.0403. The lowest BCUT2D eigenvalue weighted by molar-refractivity contribution is 0.385. The van der Waals surface area contributed by atoms with Gasteiger partial charge in [0.25, 0.3) is 11.8 Å². The van der Waals surface area contributed by atoms with Gasteiger partial charge in [0.1, 0.15) is 5.82 Å². The molecule has 2 aromatic carbocycles. The van der Waals surface area contributed by atoms with E-state index < -0.39 is 15.8 Å². The monoisotopic (exact) mass is 481 g/mol. The van der Waals surface area contributed by atoms with Crippen LogP contribution in [0.3, 0.4) is 0 Å². The fourth-order valence-electron chi connectivity index (χ4n) is 4.36. The van der Waals surface area contributed by atoms with E-state index in [9.17, 15) is 12.8 Å². The minimum atomic E-state index is -3.73. The highest BCUT2D eigenvalue weighted by molar-refractivity contribution is 7.89. The number of aryl methyl sites for hydroxylation is 4. The van der Waals surface area contributed by atoms with Crippen molar-refractivity contribution >= 4 is 10.0 Å². The quantitative estimate of drug-likeness (QED) is 0.438. The zero-order valence-electron chi connectivity index (χ0n) is 19.3. The first kappa shape index (κ1) is 22.4. The molecule has 0 amide bonds. The predicted molar refractivity (Wildman–Crippen MR) is 124 cm³/mol. The maximum absolute atomic E-state index is 14.2. The second-order valence-electron chi connectivity index (χ2n) is 8.58. The van der Waals surface area contributed by atoms with Gasteiger partial charge in [-0.15, -0.1) is 10.2 Å². The van der Waals surface area contributed by atoms with Crippen LogP contribution in [0.1, 0.15) is 27.9 Å². The van der Waals surface area contributed by atoms with Crippen molar-refractivity contribution in [2.75, 3.05) is 6.54 Å². The van der Waals surface area contributed by atoms with Crippen LogP contribution in [0.25, 0.3) is 23.0 Å². The summed E-state index contributed by atoms with van der Waals surface area (Å²) in [5.41, 5.74) is 4.91. The number of aromatic nitrogens is 4. The van der Waals surface area contributed by atoms with Crippen LogP contribution in [-0.2, 0) is 30.0 Å². The van der Waals surface area contributed by atoms with Crippen molar-refractivity contribution in [1.82, 2.24) is 24.3 Å². The highest BCUT2D eigenvalue weighted by Crippen LogP contribution is 2.34. The number of halogens is 1. The Morgan fingerprint density at radius 3 is 2.47 bits per heavy atom. The molecule has 0 aliphatic carbocycles. The highest BCUT2D eigenvalue weighted by atomic mass is 32.2. The number of benzene rings is 2. The van der Waals surface area contributed by atoms with Crippen molar-refractivity contribution in [2.24, 2.45) is 7.05 Å². The Hall–Kier alpha value is -3.37. The van der Waals surface area contributed by atoms with Crippen molar-refractivity contribution < 1.29 is 17.2 Å². The number of fused-ring (bicyclic) bond motifs is 1. The Morgan fingerprint density at radius 1 is 1.00 bits per heavy atom. The van der Waals surface area contributed by atoms with E-state index in [1.807, 2.05) is 26.8 Å². The van der Waals surface area contributed by atoms with E-state index in [1.54, 1.807) is 36.0 Å². The Morgan fingerprint density at radius 2 is 1.71 bits per heavy atom. The minimum Gasteiger partial charge on any atom is -0.414 e. The number of nitrogens with zero attached hydrogens (tertiary/aromatic N) is 5. The molecule has 3 heterocycles. The molecule has 4 aromatic rings. The lowest BCUT2D eigenvalue weighted by Gasteiger charge is -2.27. The molecule has 0 saturated heterocycles. The van der Waals surface area contributed by atoms with Gasteiger partial charge in [0.05, 0.1) is 10.5 Å². The molecule has 0 unspecified atom stereocenters. The molecule has 0 saturated carbocycles. The van der Waals surface area contributed by atoms with Gasteiger partial charge in [0.2, 0.25) is 10.0 Å². The van der Waals surface area contributed by atoms with E-state index >= 15 is 0 Å². The van der Waals surface area contributed by atoms with Gasteiger partial charge < -0.3 is 4.42 Å².